The van der Waals surface area contributed by atoms with Crippen molar-refractivity contribution in [3.8, 4) is 0 Å². The van der Waals surface area contributed by atoms with E-state index in [1.54, 1.807) is 0 Å². The standard InChI is InChI=1S/C24H26N2O2/c1-2-28-24(27)12-8-17-7-10-21-18(15-17)9-11-23(21)25-14-13-19-16-26-22-6-4-3-5-20(19)22/h3-8,10,12,15-16,23,25-26H,2,9,11,13-14H2,1H3/b12-8+. The minimum Gasteiger partial charge on any atom is -0.463 e. The number of ether oxygens (including phenoxy) is 1. The van der Waals surface area contributed by atoms with Crippen molar-refractivity contribution < 1.29 is 9.53 Å². The van der Waals surface area contributed by atoms with Gasteiger partial charge < -0.3 is 15.0 Å². The first-order valence-electron chi connectivity index (χ1n) is 10.0. The van der Waals surface area contributed by atoms with E-state index in [-0.39, 0.29) is 5.97 Å². The van der Waals surface area contributed by atoms with Crippen LogP contribution in [0.1, 0.15) is 41.6 Å². The number of aryl methyl sites for hydroxylation is 1. The van der Waals surface area contributed by atoms with Crippen LogP contribution in [0, 0.1) is 0 Å². The number of H-pyrrole nitrogens is 1. The molecule has 0 amide bonds. The van der Waals surface area contributed by atoms with E-state index >= 15 is 0 Å². The maximum Gasteiger partial charge on any atom is 0.330 e. The van der Waals surface area contributed by atoms with E-state index < -0.39 is 0 Å². The second-order valence-electron chi connectivity index (χ2n) is 7.20. The van der Waals surface area contributed by atoms with Gasteiger partial charge in [0, 0.05) is 29.2 Å². The van der Waals surface area contributed by atoms with Crippen molar-refractivity contribution in [1.29, 1.82) is 0 Å². The monoisotopic (exact) mass is 374 g/mol. The van der Waals surface area contributed by atoms with Gasteiger partial charge in [-0.05, 0) is 67.1 Å². The van der Waals surface area contributed by atoms with Crippen LogP contribution in [0.4, 0.5) is 0 Å². The first kappa shape index (κ1) is 18.5. The van der Waals surface area contributed by atoms with E-state index in [4.69, 9.17) is 4.74 Å². The third kappa shape index (κ3) is 4.02. The van der Waals surface area contributed by atoms with Crippen LogP contribution in [0.2, 0.25) is 0 Å². The Hall–Kier alpha value is -2.85. The minimum atomic E-state index is -0.292. The summed E-state index contributed by atoms with van der Waals surface area (Å²) < 4.78 is 4.94. The van der Waals surface area contributed by atoms with Crippen molar-refractivity contribution in [2.45, 2.75) is 32.2 Å². The van der Waals surface area contributed by atoms with Gasteiger partial charge in [-0.1, -0.05) is 36.4 Å². The first-order valence-corrected chi connectivity index (χ1v) is 10.0. The molecule has 1 heterocycles. The Balaban J connectivity index is 1.36. The van der Waals surface area contributed by atoms with Gasteiger partial charge in [0.25, 0.3) is 0 Å². The van der Waals surface area contributed by atoms with Crippen LogP contribution < -0.4 is 5.32 Å². The molecule has 0 spiro atoms. The minimum absolute atomic E-state index is 0.292. The second kappa shape index (κ2) is 8.44. The van der Waals surface area contributed by atoms with Crippen molar-refractivity contribution in [2.24, 2.45) is 0 Å². The highest BCUT2D eigenvalue weighted by atomic mass is 16.5. The lowest BCUT2D eigenvalue weighted by molar-refractivity contribution is -0.137. The van der Waals surface area contributed by atoms with Crippen LogP contribution in [0.25, 0.3) is 17.0 Å². The summed E-state index contributed by atoms with van der Waals surface area (Å²) in [5, 5.41) is 5.04. The summed E-state index contributed by atoms with van der Waals surface area (Å²) in [6, 6.07) is 15.3. The topological polar surface area (TPSA) is 54.1 Å². The van der Waals surface area contributed by atoms with Gasteiger partial charge in [-0.2, -0.15) is 0 Å². The van der Waals surface area contributed by atoms with E-state index in [9.17, 15) is 4.79 Å². The lowest BCUT2D eigenvalue weighted by Crippen LogP contribution is -2.21. The molecule has 144 valence electrons. The summed E-state index contributed by atoms with van der Waals surface area (Å²) in [7, 11) is 0. The lowest BCUT2D eigenvalue weighted by atomic mass is 10.0. The highest BCUT2D eigenvalue weighted by Gasteiger charge is 2.21. The molecule has 0 radical (unpaired) electrons. The molecule has 0 aliphatic heterocycles. The smallest absolute Gasteiger partial charge is 0.330 e. The lowest BCUT2D eigenvalue weighted by Gasteiger charge is -2.14. The Kier molecular flexibility index (Phi) is 5.58. The fraction of sp³-hybridized carbons (Fsp3) is 0.292. The number of para-hydroxylation sites is 1. The number of hydrogen-bond acceptors (Lipinski definition) is 3. The summed E-state index contributed by atoms with van der Waals surface area (Å²) in [6.07, 6.45) is 8.65. The Labute approximate surface area is 165 Å². The molecule has 1 aliphatic carbocycles. The number of aromatic nitrogens is 1. The SMILES string of the molecule is CCOC(=O)/C=C/c1ccc2c(c1)CCC2NCCc1c[nH]c2ccccc12. The van der Waals surface area contributed by atoms with Crippen molar-refractivity contribution in [3.05, 3.63) is 77.0 Å². The highest BCUT2D eigenvalue weighted by molar-refractivity contribution is 5.87. The molecular formula is C24H26N2O2. The van der Waals surface area contributed by atoms with E-state index in [1.807, 2.05) is 13.0 Å². The van der Waals surface area contributed by atoms with Gasteiger partial charge in [-0.15, -0.1) is 0 Å². The van der Waals surface area contributed by atoms with Gasteiger partial charge in [0.2, 0.25) is 0 Å². The predicted molar refractivity (Wildman–Crippen MR) is 113 cm³/mol. The number of carbonyl (C=O) groups is 1. The van der Waals surface area contributed by atoms with Crippen LogP contribution in [0.15, 0.2) is 54.7 Å². The first-order chi connectivity index (χ1) is 13.7. The van der Waals surface area contributed by atoms with Gasteiger partial charge in [-0.3, -0.25) is 0 Å². The number of carbonyl (C=O) groups excluding carboxylic acids is 1. The number of benzene rings is 2. The van der Waals surface area contributed by atoms with Crippen molar-refractivity contribution >= 4 is 22.9 Å². The Morgan fingerprint density at radius 2 is 2.18 bits per heavy atom. The fourth-order valence-corrected chi connectivity index (χ4v) is 4.03. The zero-order valence-corrected chi connectivity index (χ0v) is 16.2. The van der Waals surface area contributed by atoms with Gasteiger partial charge in [0.1, 0.15) is 0 Å². The average molecular weight is 374 g/mol. The summed E-state index contributed by atoms with van der Waals surface area (Å²) in [4.78, 5) is 14.8. The molecule has 28 heavy (non-hydrogen) atoms. The van der Waals surface area contributed by atoms with Crippen molar-refractivity contribution in [2.75, 3.05) is 13.2 Å². The van der Waals surface area contributed by atoms with Gasteiger partial charge >= 0.3 is 5.97 Å². The Morgan fingerprint density at radius 3 is 3.07 bits per heavy atom. The maximum atomic E-state index is 11.5. The normalized spacial score (nSPS) is 16.0. The van der Waals surface area contributed by atoms with E-state index in [2.05, 4.69) is 59.0 Å². The largest absolute Gasteiger partial charge is 0.463 e. The molecule has 2 N–H and O–H groups in total. The van der Waals surface area contributed by atoms with Crippen molar-refractivity contribution in [3.63, 3.8) is 0 Å². The van der Waals surface area contributed by atoms with Crippen molar-refractivity contribution in [1.82, 2.24) is 10.3 Å². The molecule has 1 unspecified atom stereocenters. The third-order valence-electron chi connectivity index (χ3n) is 5.40. The number of nitrogens with one attached hydrogen (secondary N) is 2. The van der Waals surface area contributed by atoms with Crippen LogP contribution >= 0.6 is 0 Å². The number of rotatable bonds is 7. The summed E-state index contributed by atoms with van der Waals surface area (Å²) in [5.74, 6) is -0.292. The molecule has 1 aliphatic rings. The molecule has 1 aromatic heterocycles. The Morgan fingerprint density at radius 1 is 1.29 bits per heavy atom. The molecule has 0 saturated heterocycles. The molecular weight excluding hydrogens is 348 g/mol. The van der Waals surface area contributed by atoms with E-state index in [1.165, 1.54) is 33.7 Å². The molecule has 4 nitrogen and oxygen atoms in total. The van der Waals surface area contributed by atoms with Crippen LogP contribution in [0.5, 0.6) is 0 Å². The second-order valence-corrected chi connectivity index (χ2v) is 7.20. The van der Waals surface area contributed by atoms with Crippen LogP contribution in [-0.4, -0.2) is 24.1 Å². The predicted octanol–water partition coefficient (Wildman–Crippen LogP) is 4.56. The van der Waals surface area contributed by atoms with Gasteiger partial charge in [0.15, 0.2) is 0 Å². The number of fused-ring (bicyclic) bond motifs is 2. The fourth-order valence-electron chi connectivity index (χ4n) is 4.03. The van der Waals surface area contributed by atoms with Gasteiger partial charge in [0.05, 0.1) is 6.61 Å². The number of aromatic amines is 1. The average Bonchev–Trinajstić information content (AvgIpc) is 3.31. The molecule has 0 fully saturated rings. The van der Waals surface area contributed by atoms with Gasteiger partial charge in [-0.25, -0.2) is 4.79 Å². The number of esters is 1. The summed E-state index contributed by atoms with van der Waals surface area (Å²) in [5.41, 5.74) is 6.36. The van der Waals surface area contributed by atoms with E-state index in [0.717, 1.165) is 31.4 Å². The van der Waals surface area contributed by atoms with Crippen LogP contribution in [-0.2, 0) is 22.4 Å². The van der Waals surface area contributed by atoms with Crippen LogP contribution in [0.3, 0.4) is 0 Å². The molecule has 2 aromatic carbocycles. The Bertz CT molecular complexity index is 1000. The zero-order chi connectivity index (χ0) is 19.3. The molecule has 0 bridgehead atoms. The zero-order valence-electron chi connectivity index (χ0n) is 16.2. The molecule has 0 saturated carbocycles. The van der Waals surface area contributed by atoms with E-state index in [0.29, 0.717) is 12.6 Å². The number of hydrogen-bond donors (Lipinski definition) is 2. The molecule has 3 aromatic rings. The molecule has 4 heteroatoms. The third-order valence-corrected chi connectivity index (χ3v) is 5.40. The summed E-state index contributed by atoms with van der Waals surface area (Å²) in [6.45, 7) is 3.17. The molecule has 1 atom stereocenters. The summed E-state index contributed by atoms with van der Waals surface area (Å²) >= 11 is 0. The highest BCUT2D eigenvalue weighted by Crippen LogP contribution is 2.32. The molecule has 4 rings (SSSR count). The quantitative estimate of drug-likeness (QED) is 0.471. The maximum absolute atomic E-state index is 11.5.